The van der Waals surface area contributed by atoms with Crippen LogP contribution in [0.15, 0.2) is 34.9 Å². The second-order valence-electron chi connectivity index (χ2n) is 5.20. The number of aryl methyl sites for hydroxylation is 2. The lowest BCUT2D eigenvalue weighted by Gasteiger charge is -2.19. The Kier molecular flexibility index (Phi) is 5.05. The summed E-state index contributed by atoms with van der Waals surface area (Å²) in [6.45, 7) is 3.75. The summed E-state index contributed by atoms with van der Waals surface area (Å²) in [6.07, 6.45) is 1.08. The van der Waals surface area contributed by atoms with Crippen LogP contribution in [0.5, 0.6) is 0 Å². The lowest BCUT2D eigenvalue weighted by atomic mass is 10.1. The number of hydrogen-bond donors (Lipinski definition) is 1. The summed E-state index contributed by atoms with van der Waals surface area (Å²) in [5, 5.41) is 6.43. The molecule has 0 spiro atoms. The zero-order chi connectivity index (χ0) is 17.0. The fourth-order valence-corrected chi connectivity index (χ4v) is 2.96. The summed E-state index contributed by atoms with van der Waals surface area (Å²) in [5.74, 6) is 0.473. The molecule has 1 amide bonds. The maximum Gasteiger partial charge on any atom is 0.251 e. The molecule has 1 heterocycles. The second kappa shape index (κ2) is 6.82. The number of anilines is 1. The van der Waals surface area contributed by atoms with E-state index in [0.29, 0.717) is 11.3 Å². The van der Waals surface area contributed by atoms with Crippen molar-refractivity contribution in [2.75, 3.05) is 23.7 Å². The van der Waals surface area contributed by atoms with Gasteiger partial charge in [-0.15, -0.1) is 0 Å². The first-order valence-corrected chi connectivity index (χ1v) is 8.88. The number of hydrogen-bond acceptors (Lipinski definition) is 5. The van der Waals surface area contributed by atoms with E-state index in [1.165, 1.54) is 6.07 Å². The summed E-state index contributed by atoms with van der Waals surface area (Å²) in [4.78, 5) is 12.1. The van der Waals surface area contributed by atoms with Crippen molar-refractivity contribution in [3.63, 3.8) is 0 Å². The molecule has 1 aromatic heterocycles. The normalized spacial score (nSPS) is 11.3. The molecule has 2 rings (SSSR count). The molecule has 8 heteroatoms. The molecule has 124 valence electrons. The van der Waals surface area contributed by atoms with Gasteiger partial charge in [0.15, 0.2) is 5.82 Å². The predicted molar refractivity (Wildman–Crippen MR) is 86.9 cm³/mol. The van der Waals surface area contributed by atoms with E-state index in [0.717, 1.165) is 16.1 Å². The van der Waals surface area contributed by atoms with E-state index >= 15 is 0 Å². The van der Waals surface area contributed by atoms with Gasteiger partial charge in [0.05, 0.1) is 12.8 Å². The van der Waals surface area contributed by atoms with Crippen molar-refractivity contribution in [2.24, 2.45) is 0 Å². The minimum atomic E-state index is -3.52. The Morgan fingerprint density at radius 2 is 2.00 bits per heavy atom. The van der Waals surface area contributed by atoms with Gasteiger partial charge in [0.2, 0.25) is 10.0 Å². The van der Waals surface area contributed by atoms with Crippen molar-refractivity contribution in [3.8, 4) is 0 Å². The second-order valence-corrected chi connectivity index (χ2v) is 7.11. The standard InChI is InChI=1S/C15H19N3O4S/c1-11-6-4-5-7-13(11)15(19)16-8-9-18(23(3,20)21)14-10-12(2)22-17-14/h4-7,10H,8-9H2,1-3H3,(H,16,19). The van der Waals surface area contributed by atoms with Crippen LogP contribution >= 0.6 is 0 Å². The van der Waals surface area contributed by atoms with Gasteiger partial charge in [0.25, 0.3) is 5.91 Å². The molecule has 1 aromatic carbocycles. The average Bonchev–Trinajstić information content (AvgIpc) is 2.88. The van der Waals surface area contributed by atoms with E-state index < -0.39 is 10.0 Å². The lowest BCUT2D eigenvalue weighted by molar-refractivity contribution is 0.0954. The van der Waals surface area contributed by atoms with Crippen LogP contribution in [0.1, 0.15) is 21.7 Å². The summed E-state index contributed by atoms with van der Waals surface area (Å²) in [5.41, 5.74) is 1.42. The number of aromatic nitrogens is 1. The number of carbonyl (C=O) groups excluding carboxylic acids is 1. The Morgan fingerprint density at radius 1 is 1.30 bits per heavy atom. The summed E-state index contributed by atoms with van der Waals surface area (Å²) in [6, 6.07) is 8.73. The number of sulfonamides is 1. The first kappa shape index (κ1) is 17.0. The fraction of sp³-hybridized carbons (Fsp3) is 0.333. The Bertz CT molecular complexity index is 799. The van der Waals surface area contributed by atoms with Crippen LogP contribution < -0.4 is 9.62 Å². The molecular formula is C15H19N3O4S. The molecule has 0 radical (unpaired) electrons. The van der Waals surface area contributed by atoms with E-state index in [1.54, 1.807) is 19.1 Å². The Labute approximate surface area is 135 Å². The van der Waals surface area contributed by atoms with Crippen molar-refractivity contribution in [1.29, 1.82) is 0 Å². The van der Waals surface area contributed by atoms with Crippen LogP contribution in [-0.4, -0.2) is 38.8 Å². The number of carbonyl (C=O) groups is 1. The molecule has 0 saturated heterocycles. The zero-order valence-corrected chi connectivity index (χ0v) is 14.1. The molecule has 0 atom stereocenters. The molecule has 0 bridgehead atoms. The third-order valence-electron chi connectivity index (χ3n) is 3.26. The minimum absolute atomic E-state index is 0.0719. The highest BCUT2D eigenvalue weighted by molar-refractivity contribution is 7.92. The Morgan fingerprint density at radius 3 is 2.57 bits per heavy atom. The van der Waals surface area contributed by atoms with Crippen molar-refractivity contribution in [2.45, 2.75) is 13.8 Å². The molecule has 0 saturated carbocycles. The van der Waals surface area contributed by atoms with Crippen LogP contribution in [0.4, 0.5) is 5.82 Å². The van der Waals surface area contributed by atoms with Crippen LogP contribution in [0, 0.1) is 13.8 Å². The average molecular weight is 337 g/mol. The van der Waals surface area contributed by atoms with E-state index in [-0.39, 0.29) is 24.8 Å². The van der Waals surface area contributed by atoms with Gasteiger partial charge in [-0.25, -0.2) is 12.7 Å². The molecule has 7 nitrogen and oxygen atoms in total. The first-order valence-electron chi connectivity index (χ1n) is 7.04. The fourth-order valence-electron chi connectivity index (χ4n) is 2.11. The van der Waals surface area contributed by atoms with Crippen molar-refractivity contribution < 1.29 is 17.7 Å². The van der Waals surface area contributed by atoms with Gasteiger partial charge < -0.3 is 9.84 Å². The molecule has 23 heavy (non-hydrogen) atoms. The van der Waals surface area contributed by atoms with Gasteiger partial charge in [-0.2, -0.15) is 0 Å². The highest BCUT2D eigenvalue weighted by Crippen LogP contribution is 2.16. The van der Waals surface area contributed by atoms with Crippen molar-refractivity contribution in [3.05, 3.63) is 47.2 Å². The number of benzene rings is 1. The number of nitrogens with one attached hydrogen (secondary N) is 1. The van der Waals surface area contributed by atoms with Crippen molar-refractivity contribution >= 4 is 21.7 Å². The van der Waals surface area contributed by atoms with Gasteiger partial charge in [-0.05, 0) is 25.5 Å². The van der Waals surface area contributed by atoms with Gasteiger partial charge in [0, 0.05) is 18.2 Å². The third-order valence-corrected chi connectivity index (χ3v) is 4.43. The SMILES string of the molecule is Cc1cc(N(CCNC(=O)c2ccccc2C)S(C)(=O)=O)no1. The summed E-state index contributed by atoms with van der Waals surface area (Å²) >= 11 is 0. The number of amides is 1. The minimum Gasteiger partial charge on any atom is -0.360 e. The van der Waals surface area contributed by atoms with E-state index in [1.807, 2.05) is 19.1 Å². The molecule has 0 aliphatic rings. The van der Waals surface area contributed by atoms with Crippen LogP contribution in [0.2, 0.25) is 0 Å². The summed E-state index contributed by atoms with van der Waals surface area (Å²) < 4.78 is 29.8. The maximum atomic E-state index is 12.1. The van der Waals surface area contributed by atoms with Crippen LogP contribution in [0.25, 0.3) is 0 Å². The highest BCUT2D eigenvalue weighted by Gasteiger charge is 2.21. The third kappa shape index (κ3) is 4.32. The number of rotatable bonds is 6. The van der Waals surface area contributed by atoms with Gasteiger partial charge in [-0.3, -0.25) is 4.79 Å². The Hall–Kier alpha value is -2.35. The van der Waals surface area contributed by atoms with Crippen LogP contribution in [0.3, 0.4) is 0 Å². The summed E-state index contributed by atoms with van der Waals surface area (Å²) in [7, 11) is -3.52. The topological polar surface area (TPSA) is 92.5 Å². The quantitative estimate of drug-likeness (QED) is 0.862. The largest absolute Gasteiger partial charge is 0.360 e. The molecular weight excluding hydrogens is 318 g/mol. The Balaban J connectivity index is 2.03. The molecule has 0 aliphatic heterocycles. The van der Waals surface area contributed by atoms with Gasteiger partial charge in [0.1, 0.15) is 5.76 Å². The monoisotopic (exact) mass is 337 g/mol. The number of nitrogens with zero attached hydrogens (tertiary/aromatic N) is 2. The maximum absolute atomic E-state index is 12.1. The van der Waals surface area contributed by atoms with E-state index in [9.17, 15) is 13.2 Å². The smallest absolute Gasteiger partial charge is 0.251 e. The highest BCUT2D eigenvalue weighted by atomic mass is 32.2. The molecule has 2 aromatic rings. The van der Waals surface area contributed by atoms with Crippen LogP contribution in [-0.2, 0) is 10.0 Å². The molecule has 1 N–H and O–H groups in total. The lowest BCUT2D eigenvalue weighted by Crippen LogP contribution is -2.38. The molecule has 0 unspecified atom stereocenters. The molecule has 0 fully saturated rings. The van der Waals surface area contributed by atoms with Gasteiger partial charge in [-0.1, -0.05) is 23.4 Å². The van der Waals surface area contributed by atoms with E-state index in [2.05, 4.69) is 10.5 Å². The van der Waals surface area contributed by atoms with E-state index in [4.69, 9.17) is 4.52 Å². The molecule has 0 aliphatic carbocycles. The van der Waals surface area contributed by atoms with Crippen molar-refractivity contribution in [1.82, 2.24) is 10.5 Å². The van der Waals surface area contributed by atoms with Gasteiger partial charge >= 0.3 is 0 Å². The first-order chi connectivity index (χ1) is 10.8. The zero-order valence-electron chi connectivity index (χ0n) is 13.2. The predicted octanol–water partition coefficient (Wildman–Crippen LogP) is 1.49.